The third kappa shape index (κ3) is 8.85. The van der Waals surface area contributed by atoms with Crippen molar-refractivity contribution in [3.8, 4) is 0 Å². The van der Waals surface area contributed by atoms with Gasteiger partial charge in [0, 0.05) is 20.3 Å². The van der Waals surface area contributed by atoms with E-state index in [9.17, 15) is 9.90 Å². The summed E-state index contributed by atoms with van der Waals surface area (Å²) in [5, 5.41) is 9.58. The summed E-state index contributed by atoms with van der Waals surface area (Å²) in [6.07, 6.45) is 14.9. The van der Waals surface area contributed by atoms with E-state index < -0.39 is 11.5 Å². The van der Waals surface area contributed by atoms with E-state index in [0.717, 1.165) is 25.9 Å². The molecular weight excluding hydrogens is 326 g/mol. The molecule has 0 aliphatic rings. The minimum absolute atomic E-state index is 0.0651. The van der Waals surface area contributed by atoms with Gasteiger partial charge in [0.1, 0.15) is 0 Å². The van der Waals surface area contributed by atoms with Crippen LogP contribution in [0.1, 0.15) is 105 Å². The first-order valence-corrected chi connectivity index (χ1v) is 10.9. The first-order chi connectivity index (χ1) is 12.2. The zero-order valence-corrected chi connectivity index (χ0v) is 18.5. The normalized spacial score (nSPS) is 13.8. The second-order valence-corrected chi connectivity index (χ2v) is 8.70. The molecule has 1 N–H and O–H groups in total. The fraction of sp³-hybridized carbons (Fsp3) is 0.955. The maximum atomic E-state index is 11.7. The minimum atomic E-state index is -0.863. The quantitative estimate of drug-likeness (QED) is 0.194. The second kappa shape index (κ2) is 13.5. The van der Waals surface area contributed by atoms with Crippen LogP contribution >= 0.6 is 0 Å². The van der Waals surface area contributed by atoms with Crippen molar-refractivity contribution >= 4 is 5.97 Å². The van der Waals surface area contributed by atoms with Gasteiger partial charge in [-0.3, -0.25) is 4.48 Å². The summed E-state index contributed by atoms with van der Waals surface area (Å²) in [6.45, 7) is 8.71. The Bertz CT molecular complexity index is 366. The molecule has 0 fully saturated rings. The Morgan fingerprint density at radius 1 is 0.885 bits per heavy atom. The van der Waals surface area contributed by atoms with Gasteiger partial charge in [-0.25, -0.2) is 4.79 Å². The summed E-state index contributed by atoms with van der Waals surface area (Å²) in [7, 11) is 3.96. The molecule has 1 atom stereocenters. The van der Waals surface area contributed by atoms with Gasteiger partial charge in [0.05, 0.1) is 20.7 Å². The zero-order valence-electron chi connectivity index (χ0n) is 18.5. The molecule has 0 heterocycles. The molecular formula is C22H46NO3+. The van der Waals surface area contributed by atoms with Crippen LogP contribution in [0.5, 0.6) is 0 Å². The third-order valence-corrected chi connectivity index (χ3v) is 6.03. The van der Waals surface area contributed by atoms with Crippen LogP contribution in [-0.4, -0.2) is 48.0 Å². The summed E-state index contributed by atoms with van der Waals surface area (Å²) >= 11 is 0. The number of likely N-dealkylation sites (N-methyl/N-ethyl adjacent to an activating group) is 1. The molecule has 0 radical (unpaired) electrons. The maximum absolute atomic E-state index is 11.7. The van der Waals surface area contributed by atoms with Crippen molar-refractivity contribution in [2.75, 3.05) is 20.7 Å². The molecule has 0 saturated heterocycles. The number of unbranched alkanes of at least 4 members (excludes halogenated alkanes) is 9. The van der Waals surface area contributed by atoms with Crippen LogP contribution in [0.25, 0.3) is 0 Å². The van der Waals surface area contributed by atoms with Gasteiger partial charge in [-0.1, -0.05) is 71.6 Å². The summed E-state index contributed by atoms with van der Waals surface area (Å²) in [5.74, 6) is -0.772. The van der Waals surface area contributed by atoms with E-state index >= 15 is 0 Å². The lowest BCUT2D eigenvalue weighted by Crippen LogP contribution is -2.65. The Morgan fingerprint density at radius 3 is 1.77 bits per heavy atom. The Balaban J connectivity index is 4.07. The van der Waals surface area contributed by atoms with Gasteiger partial charge in [0.15, 0.2) is 11.8 Å². The van der Waals surface area contributed by atoms with Crippen LogP contribution in [0.4, 0.5) is 0 Å². The Labute approximate surface area is 162 Å². The number of quaternary nitrogens is 1. The monoisotopic (exact) mass is 372 g/mol. The highest BCUT2D eigenvalue weighted by molar-refractivity contribution is 5.76. The first kappa shape index (κ1) is 25.4. The number of aliphatic carboxylic acids is 1. The molecule has 156 valence electrons. The van der Waals surface area contributed by atoms with Crippen LogP contribution in [0.3, 0.4) is 0 Å². The van der Waals surface area contributed by atoms with Crippen molar-refractivity contribution in [3.05, 3.63) is 0 Å². The average Bonchev–Trinajstić information content (AvgIpc) is 2.58. The number of carboxylic acids is 1. The molecule has 26 heavy (non-hydrogen) atoms. The van der Waals surface area contributed by atoms with E-state index in [1.165, 1.54) is 57.8 Å². The summed E-state index contributed by atoms with van der Waals surface area (Å²) in [4.78, 5) is 11.7. The molecule has 0 spiro atoms. The molecule has 0 bridgehead atoms. The Kier molecular flexibility index (Phi) is 13.2. The predicted molar refractivity (Wildman–Crippen MR) is 110 cm³/mol. The van der Waals surface area contributed by atoms with Crippen molar-refractivity contribution in [1.29, 1.82) is 0 Å². The number of hydrogen-bond acceptors (Lipinski definition) is 2. The van der Waals surface area contributed by atoms with E-state index in [-0.39, 0.29) is 6.23 Å². The van der Waals surface area contributed by atoms with Crippen molar-refractivity contribution < 1.29 is 19.1 Å². The van der Waals surface area contributed by atoms with E-state index in [4.69, 9.17) is 4.74 Å². The van der Waals surface area contributed by atoms with E-state index in [1.807, 2.05) is 14.1 Å². The largest absolute Gasteiger partial charge is 0.477 e. The van der Waals surface area contributed by atoms with Crippen molar-refractivity contribution in [2.24, 2.45) is 0 Å². The molecule has 0 aromatic heterocycles. The van der Waals surface area contributed by atoms with Gasteiger partial charge in [0.25, 0.3) is 0 Å². The van der Waals surface area contributed by atoms with Gasteiger partial charge >= 0.3 is 5.97 Å². The topological polar surface area (TPSA) is 46.5 Å². The SMILES string of the molecule is CCCCCCCCCCCCOC(CCC)[N+](C)(C)C(C)(C)C(=O)O. The van der Waals surface area contributed by atoms with Gasteiger partial charge in [-0.2, -0.15) is 0 Å². The predicted octanol–water partition coefficient (Wildman–Crippen LogP) is 5.99. The van der Waals surface area contributed by atoms with Gasteiger partial charge < -0.3 is 9.84 Å². The van der Waals surface area contributed by atoms with Gasteiger partial charge in [-0.15, -0.1) is 0 Å². The standard InChI is InChI=1S/C22H45NO3/c1-7-9-10-11-12-13-14-15-16-17-19-26-20(18-8-2)23(5,6)22(3,4)21(24)25/h20H,7-19H2,1-6H3/p+1. The van der Waals surface area contributed by atoms with Crippen molar-refractivity contribution in [2.45, 2.75) is 117 Å². The number of hydrogen-bond donors (Lipinski definition) is 1. The van der Waals surface area contributed by atoms with Gasteiger partial charge in [0.2, 0.25) is 0 Å². The second-order valence-electron chi connectivity index (χ2n) is 8.70. The maximum Gasteiger partial charge on any atom is 0.365 e. The van der Waals surface area contributed by atoms with Crippen LogP contribution < -0.4 is 0 Å². The Hall–Kier alpha value is -0.610. The number of ether oxygens (including phenoxy) is 1. The zero-order chi connectivity index (χ0) is 20.1. The van der Waals surface area contributed by atoms with Crippen LogP contribution in [0.2, 0.25) is 0 Å². The number of rotatable bonds is 17. The molecule has 1 unspecified atom stereocenters. The molecule has 0 saturated carbocycles. The highest BCUT2D eigenvalue weighted by atomic mass is 16.5. The molecule has 0 aliphatic carbocycles. The summed E-state index contributed by atoms with van der Waals surface area (Å²) < 4.78 is 6.52. The molecule has 4 heteroatoms. The van der Waals surface area contributed by atoms with E-state index in [0.29, 0.717) is 4.48 Å². The molecule has 0 aliphatic heterocycles. The smallest absolute Gasteiger partial charge is 0.365 e. The highest BCUT2D eigenvalue weighted by Gasteiger charge is 2.48. The minimum Gasteiger partial charge on any atom is -0.477 e. The molecule has 0 aromatic carbocycles. The fourth-order valence-electron chi connectivity index (χ4n) is 3.25. The number of carbonyl (C=O) groups is 1. The lowest BCUT2D eigenvalue weighted by atomic mass is 9.99. The third-order valence-electron chi connectivity index (χ3n) is 6.03. The fourth-order valence-corrected chi connectivity index (χ4v) is 3.25. The Morgan fingerprint density at radius 2 is 1.35 bits per heavy atom. The van der Waals surface area contributed by atoms with Crippen LogP contribution in [-0.2, 0) is 9.53 Å². The van der Waals surface area contributed by atoms with Crippen molar-refractivity contribution in [3.63, 3.8) is 0 Å². The molecule has 0 aromatic rings. The lowest BCUT2D eigenvalue weighted by molar-refractivity contribution is -0.972. The molecule has 0 rings (SSSR count). The van der Waals surface area contributed by atoms with Crippen molar-refractivity contribution in [1.82, 2.24) is 0 Å². The highest BCUT2D eigenvalue weighted by Crippen LogP contribution is 2.27. The number of nitrogens with zero attached hydrogens (tertiary/aromatic N) is 1. The van der Waals surface area contributed by atoms with Crippen LogP contribution in [0, 0.1) is 0 Å². The van der Waals surface area contributed by atoms with Crippen LogP contribution in [0.15, 0.2) is 0 Å². The van der Waals surface area contributed by atoms with E-state index in [2.05, 4.69) is 13.8 Å². The van der Waals surface area contributed by atoms with E-state index in [1.54, 1.807) is 13.8 Å². The van der Waals surface area contributed by atoms with Gasteiger partial charge in [-0.05, 0) is 12.8 Å². The molecule has 0 amide bonds. The lowest BCUT2D eigenvalue weighted by Gasteiger charge is -2.46. The average molecular weight is 373 g/mol. The summed E-state index contributed by atoms with van der Waals surface area (Å²) in [6, 6.07) is 0. The molecule has 4 nitrogen and oxygen atoms in total. The number of carboxylic acid groups (broad SMARTS) is 1. The first-order valence-electron chi connectivity index (χ1n) is 10.9. The summed E-state index contributed by atoms with van der Waals surface area (Å²) in [5.41, 5.74) is -0.863.